The number of halogens is 3. The third-order valence-electron chi connectivity index (χ3n) is 2.66. The second kappa shape index (κ2) is 6.98. The molecule has 4 nitrogen and oxygen atoms in total. The van der Waals surface area contributed by atoms with Gasteiger partial charge in [-0.15, -0.1) is 0 Å². The summed E-state index contributed by atoms with van der Waals surface area (Å²) in [5.74, 6) is 0.161. The second-order valence-electron chi connectivity index (χ2n) is 4.13. The summed E-state index contributed by atoms with van der Waals surface area (Å²) in [6.07, 6.45) is 1.42. The van der Waals surface area contributed by atoms with Crippen molar-refractivity contribution in [2.45, 2.75) is 6.92 Å². The van der Waals surface area contributed by atoms with E-state index in [1.165, 1.54) is 6.20 Å². The first kappa shape index (κ1) is 15.9. The summed E-state index contributed by atoms with van der Waals surface area (Å²) in [5.41, 5.74) is 0.641. The van der Waals surface area contributed by atoms with E-state index in [9.17, 15) is 4.79 Å². The molecule has 0 aliphatic heterocycles. The predicted molar refractivity (Wildman–Crippen MR) is 87.8 cm³/mol. The van der Waals surface area contributed by atoms with Crippen LogP contribution in [0, 0.1) is 0 Å². The SMILES string of the molecule is CCNc1cc(C(=O)Nc2c(Cl)cccc2Cl)c(Cl)cn1. The van der Waals surface area contributed by atoms with E-state index >= 15 is 0 Å². The number of carbonyl (C=O) groups is 1. The van der Waals surface area contributed by atoms with Gasteiger partial charge in [0.2, 0.25) is 0 Å². The van der Waals surface area contributed by atoms with E-state index < -0.39 is 5.91 Å². The molecular weight excluding hydrogens is 333 g/mol. The molecule has 1 amide bonds. The molecule has 21 heavy (non-hydrogen) atoms. The molecule has 2 rings (SSSR count). The van der Waals surface area contributed by atoms with Gasteiger partial charge < -0.3 is 10.6 Å². The quantitative estimate of drug-likeness (QED) is 0.843. The Bertz CT molecular complexity index is 656. The molecule has 1 aromatic heterocycles. The van der Waals surface area contributed by atoms with Crippen LogP contribution >= 0.6 is 34.8 Å². The Morgan fingerprint density at radius 3 is 2.48 bits per heavy atom. The Hall–Kier alpha value is -1.49. The number of amides is 1. The van der Waals surface area contributed by atoms with Gasteiger partial charge in [-0.25, -0.2) is 4.98 Å². The lowest BCUT2D eigenvalue weighted by atomic mass is 10.2. The number of pyridine rings is 1. The molecule has 1 aromatic carbocycles. The molecule has 0 aliphatic rings. The van der Waals surface area contributed by atoms with Gasteiger partial charge in [0.25, 0.3) is 5.91 Å². The normalized spacial score (nSPS) is 10.3. The van der Waals surface area contributed by atoms with Gasteiger partial charge in [0.1, 0.15) is 5.82 Å². The number of hydrogen-bond acceptors (Lipinski definition) is 3. The molecule has 0 spiro atoms. The number of para-hydroxylation sites is 1. The van der Waals surface area contributed by atoms with Crippen molar-refractivity contribution in [2.24, 2.45) is 0 Å². The summed E-state index contributed by atoms with van der Waals surface area (Å²) >= 11 is 18.1. The van der Waals surface area contributed by atoms with Crippen LogP contribution in [0.25, 0.3) is 0 Å². The number of carbonyl (C=O) groups excluding carboxylic acids is 1. The molecule has 2 N–H and O–H groups in total. The highest BCUT2D eigenvalue weighted by atomic mass is 35.5. The number of hydrogen-bond donors (Lipinski definition) is 2. The maximum atomic E-state index is 12.3. The van der Waals surface area contributed by atoms with Crippen LogP contribution in [0.2, 0.25) is 15.1 Å². The summed E-state index contributed by atoms with van der Waals surface area (Å²) in [6, 6.07) is 6.55. The molecule has 0 unspecified atom stereocenters. The van der Waals surface area contributed by atoms with Crippen LogP contribution in [-0.2, 0) is 0 Å². The summed E-state index contributed by atoms with van der Waals surface area (Å²) in [6.45, 7) is 2.62. The third-order valence-corrected chi connectivity index (χ3v) is 3.59. The molecule has 0 bridgehead atoms. The Morgan fingerprint density at radius 1 is 1.19 bits per heavy atom. The van der Waals surface area contributed by atoms with Crippen LogP contribution in [0.1, 0.15) is 17.3 Å². The molecule has 0 aliphatic carbocycles. The molecule has 110 valence electrons. The van der Waals surface area contributed by atoms with Crippen molar-refractivity contribution in [1.29, 1.82) is 0 Å². The second-order valence-corrected chi connectivity index (χ2v) is 5.35. The molecule has 0 saturated carbocycles. The fraction of sp³-hybridized carbons (Fsp3) is 0.143. The Balaban J connectivity index is 2.30. The van der Waals surface area contributed by atoms with E-state index in [0.29, 0.717) is 33.7 Å². The summed E-state index contributed by atoms with van der Waals surface area (Å²) in [7, 11) is 0. The monoisotopic (exact) mass is 343 g/mol. The summed E-state index contributed by atoms with van der Waals surface area (Å²) in [4.78, 5) is 16.4. The first-order valence-corrected chi connectivity index (χ1v) is 7.31. The van der Waals surface area contributed by atoms with Crippen LogP contribution < -0.4 is 10.6 Å². The van der Waals surface area contributed by atoms with E-state index in [4.69, 9.17) is 34.8 Å². The van der Waals surface area contributed by atoms with Crippen molar-refractivity contribution in [2.75, 3.05) is 17.2 Å². The fourth-order valence-corrected chi connectivity index (χ4v) is 2.37. The minimum absolute atomic E-state index is 0.248. The van der Waals surface area contributed by atoms with Gasteiger partial charge >= 0.3 is 0 Å². The van der Waals surface area contributed by atoms with E-state index in [1.807, 2.05) is 6.92 Å². The van der Waals surface area contributed by atoms with Gasteiger partial charge in [-0.1, -0.05) is 40.9 Å². The smallest absolute Gasteiger partial charge is 0.257 e. The van der Waals surface area contributed by atoms with E-state index in [1.54, 1.807) is 24.3 Å². The average Bonchev–Trinajstić information content (AvgIpc) is 2.45. The van der Waals surface area contributed by atoms with Crippen LogP contribution in [0.3, 0.4) is 0 Å². The molecule has 2 aromatic rings. The van der Waals surface area contributed by atoms with Gasteiger partial charge in [0, 0.05) is 12.7 Å². The molecule has 0 saturated heterocycles. The molecule has 0 radical (unpaired) electrons. The third kappa shape index (κ3) is 3.79. The summed E-state index contributed by atoms with van der Waals surface area (Å²) in [5, 5.41) is 6.63. The average molecular weight is 345 g/mol. The first-order chi connectivity index (χ1) is 10.0. The zero-order valence-electron chi connectivity index (χ0n) is 11.1. The van der Waals surface area contributed by atoms with Gasteiger partial charge in [-0.3, -0.25) is 4.79 Å². The predicted octanol–water partition coefficient (Wildman–Crippen LogP) is 4.73. The highest BCUT2D eigenvalue weighted by molar-refractivity contribution is 6.40. The number of benzene rings is 1. The topological polar surface area (TPSA) is 54.0 Å². The molecular formula is C14H12Cl3N3O. The summed E-state index contributed by atoms with van der Waals surface area (Å²) < 4.78 is 0. The van der Waals surface area contributed by atoms with Crippen molar-refractivity contribution >= 4 is 52.2 Å². The van der Waals surface area contributed by atoms with E-state index in [0.717, 1.165) is 0 Å². The Kier molecular flexibility index (Phi) is 5.28. The lowest BCUT2D eigenvalue weighted by Gasteiger charge is -2.11. The van der Waals surface area contributed by atoms with Gasteiger partial charge in [0.05, 0.1) is 26.3 Å². The lowest BCUT2D eigenvalue weighted by Crippen LogP contribution is -2.14. The number of aromatic nitrogens is 1. The van der Waals surface area contributed by atoms with Crippen molar-refractivity contribution in [3.05, 3.63) is 51.1 Å². The van der Waals surface area contributed by atoms with Crippen molar-refractivity contribution in [3.63, 3.8) is 0 Å². The van der Waals surface area contributed by atoms with Gasteiger partial charge in [-0.05, 0) is 25.1 Å². The van der Waals surface area contributed by atoms with Crippen LogP contribution in [0.5, 0.6) is 0 Å². The van der Waals surface area contributed by atoms with Crippen molar-refractivity contribution < 1.29 is 4.79 Å². The van der Waals surface area contributed by atoms with Crippen LogP contribution in [0.15, 0.2) is 30.5 Å². The van der Waals surface area contributed by atoms with Gasteiger partial charge in [-0.2, -0.15) is 0 Å². The first-order valence-electron chi connectivity index (χ1n) is 6.17. The largest absolute Gasteiger partial charge is 0.370 e. The highest BCUT2D eigenvalue weighted by Gasteiger charge is 2.15. The zero-order chi connectivity index (χ0) is 15.4. The standard InChI is InChI=1S/C14H12Cl3N3O/c1-2-18-12-6-8(11(17)7-19-12)14(21)20-13-9(15)4-3-5-10(13)16/h3-7H,2H2,1H3,(H,18,19)(H,20,21). The van der Waals surface area contributed by atoms with Crippen molar-refractivity contribution in [3.8, 4) is 0 Å². The number of nitrogens with one attached hydrogen (secondary N) is 2. The van der Waals surface area contributed by atoms with E-state index in [-0.39, 0.29) is 5.02 Å². The number of anilines is 2. The fourth-order valence-electron chi connectivity index (χ4n) is 1.69. The Labute approximate surface area is 137 Å². The van der Waals surface area contributed by atoms with Gasteiger partial charge in [0.15, 0.2) is 0 Å². The minimum atomic E-state index is -0.406. The zero-order valence-corrected chi connectivity index (χ0v) is 13.4. The van der Waals surface area contributed by atoms with Crippen molar-refractivity contribution in [1.82, 2.24) is 4.98 Å². The molecule has 1 heterocycles. The number of nitrogens with zero attached hydrogens (tertiary/aromatic N) is 1. The van der Waals surface area contributed by atoms with E-state index in [2.05, 4.69) is 15.6 Å². The number of rotatable bonds is 4. The van der Waals surface area contributed by atoms with Crippen LogP contribution in [0.4, 0.5) is 11.5 Å². The minimum Gasteiger partial charge on any atom is -0.370 e. The highest BCUT2D eigenvalue weighted by Crippen LogP contribution is 2.30. The molecule has 0 fully saturated rings. The maximum Gasteiger partial charge on any atom is 0.257 e. The molecule has 0 atom stereocenters. The van der Waals surface area contributed by atoms with Crippen LogP contribution in [-0.4, -0.2) is 17.4 Å². The molecule has 7 heteroatoms. The maximum absolute atomic E-state index is 12.3. The Morgan fingerprint density at radius 2 is 1.86 bits per heavy atom. The lowest BCUT2D eigenvalue weighted by molar-refractivity contribution is 0.102.